The van der Waals surface area contributed by atoms with Gasteiger partial charge in [0.1, 0.15) is 0 Å². The number of nitrogens with zero attached hydrogens (tertiary/aromatic N) is 2. The van der Waals surface area contributed by atoms with Gasteiger partial charge in [-0.1, -0.05) is 74.5 Å². The molecule has 0 aliphatic carbocycles. The summed E-state index contributed by atoms with van der Waals surface area (Å²) >= 11 is 0. The summed E-state index contributed by atoms with van der Waals surface area (Å²) < 4.78 is 2.48. The molecule has 0 N–H and O–H groups in total. The lowest BCUT2D eigenvalue weighted by molar-refractivity contribution is 0.294. The van der Waals surface area contributed by atoms with Crippen LogP contribution in [-0.4, -0.2) is 29.1 Å². The average Bonchev–Trinajstić information content (AvgIpc) is 3.10. The van der Waals surface area contributed by atoms with E-state index in [1.165, 1.54) is 22.5 Å². The minimum Gasteiger partial charge on any atom is -0.340 e. The number of halogens is 1. The van der Waals surface area contributed by atoms with Crippen molar-refractivity contribution in [3.8, 4) is 22.5 Å². The van der Waals surface area contributed by atoms with Crippen LogP contribution in [0.4, 0.5) is 0 Å². The number of hydrogen-bond acceptors (Lipinski definition) is 1. The Morgan fingerprint density at radius 3 is 1.58 bits per heavy atom. The van der Waals surface area contributed by atoms with Crippen molar-refractivity contribution in [2.45, 2.75) is 26.8 Å². The van der Waals surface area contributed by atoms with E-state index in [0.29, 0.717) is 0 Å². The van der Waals surface area contributed by atoms with E-state index in [9.17, 15) is 0 Å². The number of benzene rings is 2. The predicted molar refractivity (Wildman–Crippen MR) is 115 cm³/mol. The molecule has 26 heavy (non-hydrogen) atoms. The molecule has 3 heteroatoms. The van der Waals surface area contributed by atoms with Gasteiger partial charge in [0.15, 0.2) is 0 Å². The molecule has 0 bridgehead atoms. The highest BCUT2D eigenvalue weighted by molar-refractivity contribution is 5.85. The molecule has 0 saturated carbocycles. The Kier molecular flexibility index (Phi) is 7.96. The fraction of sp³-hybridized carbons (Fsp3) is 0.304. The van der Waals surface area contributed by atoms with Crippen molar-refractivity contribution >= 4 is 12.4 Å². The van der Waals surface area contributed by atoms with E-state index >= 15 is 0 Å². The molecule has 0 aliphatic heterocycles. The smallest absolute Gasteiger partial charge is 0.0485 e. The third-order valence-corrected chi connectivity index (χ3v) is 4.87. The molecule has 0 aliphatic rings. The van der Waals surface area contributed by atoms with Gasteiger partial charge in [-0.2, -0.15) is 0 Å². The minimum absolute atomic E-state index is 0. The highest BCUT2D eigenvalue weighted by atomic mass is 35.5. The average molecular weight is 369 g/mol. The Morgan fingerprint density at radius 2 is 1.15 bits per heavy atom. The van der Waals surface area contributed by atoms with Gasteiger partial charge in [0.25, 0.3) is 0 Å². The standard InChI is InChI=1S/C23H28N2.ClH/c1-3-24(4-2)18-11-19-25-22(20-12-7-5-8-13-20)16-17-23(25)21-14-9-6-10-15-21;/h5-10,12-17H,3-4,11,18-19H2,1-2H3;1H. The molecule has 2 aromatic carbocycles. The lowest BCUT2D eigenvalue weighted by atomic mass is 10.1. The van der Waals surface area contributed by atoms with Crippen LogP contribution in [0.3, 0.4) is 0 Å². The molecule has 1 heterocycles. The summed E-state index contributed by atoms with van der Waals surface area (Å²) in [6, 6.07) is 25.9. The van der Waals surface area contributed by atoms with E-state index in [0.717, 1.165) is 32.6 Å². The third kappa shape index (κ3) is 4.78. The fourth-order valence-electron chi connectivity index (χ4n) is 3.42. The summed E-state index contributed by atoms with van der Waals surface area (Å²) in [7, 11) is 0. The van der Waals surface area contributed by atoms with Gasteiger partial charge >= 0.3 is 0 Å². The molecule has 3 rings (SSSR count). The van der Waals surface area contributed by atoms with E-state index < -0.39 is 0 Å². The zero-order valence-electron chi connectivity index (χ0n) is 15.8. The Morgan fingerprint density at radius 1 is 0.692 bits per heavy atom. The molecule has 2 nitrogen and oxygen atoms in total. The summed E-state index contributed by atoms with van der Waals surface area (Å²) in [5.41, 5.74) is 5.18. The van der Waals surface area contributed by atoms with Crippen LogP contribution in [0.2, 0.25) is 0 Å². The van der Waals surface area contributed by atoms with Crippen molar-refractivity contribution in [1.29, 1.82) is 0 Å². The molecule has 138 valence electrons. The lowest BCUT2D eigenvalue weighted by Gasteiger charge is -2.20. The zero-order valence-corrected chi connectivity index (χ0v) is 16.6. The second-order valence-corrected chi connectivity index (χ2v) is 6.37. The van der Waals surface area contributed by atoms with Crippen LogP contribution < -0.4 is 0 Å². The topological polar surface area (TPSA) is 8.17 Å². The van der Waals surface area contributed by atoms with Crippen molar-refractivity contribution in [2.24, 2.45) is 0 Å². The second kappa shape index (κ2) is 10.2. The monoisotopic (exact) mass is 368 g/mol. The number of hydrogen-bond donors (Lipinski definition) is 0. The summed E-state index contributed by atoms with van der Waals surface area (Å²) in [4.78, 5) is 2.49. The van der Waals surface area contributed by atoms with Gasteiger partial charge in [0, 0.05) is 17.9 Å². The molecule has 0 radical (unpaired) electrons. The first-order valence-corrected chi connectivity index (χ1v) is 9.36. The van der Waals surface area contributed by atoms with Gasteiger partial charge in [-0.15, -0.1) is 12.4 Å². The van der Waals surface area contributed by atoms with E-state index in [4.69, 9.17) is 0 Å². The Balaban J connectivity index is 0.00000243. The molecule has 0 fully saturated rings. The van der Waals surface area contributed by atoms with Crippen LogP contribution in [0, 0.1) is 0 Å². The minimum atomic E-state index is 0. The Hall–Kier alpha value is -2.03. The molecule has 0 atom stereocenters. The Bertz CT molecular complexity index is 704. The molecule has 0 spiro atoms. The highest BCUT2D eigenvalue weighted by Crippen LogP contribution is 2.29. The zero-order chi connectivity index (χ0) is 17.5. The molecular formula is C23H29ClN2. The van der Waals surface area contributed by atoms with Crippen molar-refractivity contribution in [2.75, 3.05) is 19.6 Å². The third-order valence-electron chi connectivity index (χ3n) is 4.87. The molecule has 0 unspecified atom stereocenters. The first-order valence-electron chi connectivity index (χ1n) is 9.36. The van der Waals surface area contributed by atoms with E-state index in [1.54, 1.807) is 0 Å². The van der Waals surface area contributed by atoms with Gasteiger partial charge in [0.05, 0.1) is 0 Å². The van der Waals surface area contributed by atoms with Crippen molar-refractivity contribution in [1.82, 2.24) is 9.47 Å². The summed E-state index contributed by atoms with van der Waals surface area (Å²) in [5.74, 6) is 0. The maximum absolute atomic E-state index is 2.49. The van der Waals surface area contributed by atoms with Crippen LogP contribution in [0.25, 0.3) is 22.5 Å². The first-order chi connectivity index (χ1) is 12.3. The highest BCUT2D eigenvalue weighted by Gasteiger charge is 2.11. The van der Waals surface area contributed by atoms with Gasteiger partial charge in [-0.25, -0.2) is 0 Å². The fourth-order valence-corrected chi connectivity index (χ4v) is 3.42. The van der Waals surface area contributed by atoms with Gasteiger partial charge in [-0.3, -0.25) is 0 Å². The first kappa shape index (κ1) is 20.3. The summed E-state index contributed by atoms with van der Waals surface area (Å²) in [6.45, 7) is 8.91. The number of aromatic nitrogens is 1. The largest absolute Gasteiger partial charge is 0.340 e. The van der Waals surface area contributed by atoms with Crippen LogP contribution >= 0.6 is 12.4 Å². The van der Waals surface area contributed by atoms with Crippen molar-refractivity contribution in [3.05, 3.63) is 72.8 Å². The van der Waals surface area contributed by atoms with Crippen molar-refractivity contribution in [3.63, 3.8) is 0 Å². The van der Waals surface area contributed by atoms with Gasteiger partial charge < -0.3 is 9.47 Å². The maximum Gasteiger partial charge on any atom is 0.0485 e. The second-order valence-electron chi connectivity index (χ2n) is 6.37. The van der Waals surface area contributed by atoms with Gasteiger partial charge in [0.2, 0.25) is 0 Å². The normalized spacial score (nSPS) is 10.7. The molecule has 0 amide bonds. The van der Waals surface area contributed by atoms with Crippen LogP contribution in [0.15, 0.2) is 72.8 Å². The number of rotatable bonds is 8. The quantitative estimate of drug-likeness (QED) is 0.475. The SMILES string of the molecule is CCN(CC)CCCn1c(-c2ccccc2)ccc1-c1ccccc1.Cl. The van der Waals surface area contributed by atoms with Crippen LogP contribution in [0.1, 0.15) is 20.3 Å². The van der Waals surface area contributed by atoms with Crippen LogP contribution in [0.5, 0.6) is 0 Å². The van der Waals surface area contributed by atoms with Gasteiger partial charge in [-0.05, 0) is 49.3 Å². The van der Waals surface area contributed by atoms with E-state index in [2.05, 4.69) is 96.1 Å². The van der Waals surface area contributed by atoms with E-state index in [1.807, 2.05) is 0 Å². The maximum atomic E-state index is 2.49. The van der Waals surface area contributed by atoms with E-state index in [-0.39, 0.29) is 12.4 Å². The Labute approximate surface area is 163 Å². The molecule has 0 saturated heterocycles. The summed E-state index contributed by atoms with van der Waals surface area (Å²) in [6.07, 6.45) is 1.16. The predicted octanol–water partition coefficient (Wildman–Crippen LogP) is 5.98. The van der Waals surface area contributed by atoms with Crippen molar-refractivity contribution < 1.29 is 0 Å². The lowest BCUT2D eigenvalue weighted by Crippen LogP contribution is -2.25. The van der Waals surface area contributed by atoms with Crippen LogP contribution in [-0.2, 0) is 6.54 Å². The molecular weight excluding hydrogens is 340 g/mol. The summed E-state index contributed by atoms with van der Waals surface area (Å²) in [5, 5.41) is 0. The molecule has 3 aromatic rings. The molecule has 1 aromatic heterocycles.